The van der Waals surface area contributed by atoms with E-state index in [1.807, 2.05) is 0 Å². The van der Waals surface area contributed by atoms with Crippen LogP contribution in [0.15, 0.2) is 65.8 Å². The highest BCUT2D eigenvalue weighted by Crippen LogP contribution is 2.41. The van der Waals surface area contributed by atoms with Crippen LogP contribution in [0.5, 0.6) is 23.0 Å². The molecule has 0 unspecified atom stereocenters. The highest BCUT2D eigenvalue weighted by molar-refractivity contribution is 7.89. The second kappa shape index (κ2) is 7.19. The van der Waals surface area contributed by atoms with Gasteiger partial charge in [0, 0.05) is 26.4 Å². The highest BCUT2D eigenvalue weighted by Gasteiger charge is 2.29. The fourth-order valence-corrected chi connectivity index (χ4v) is 3.80. The van der Waals surface area contributed by atoms with Crippen LogP contribution < -0.4 is 14.8 Å². The molecular weight excluding hydrogens is 394 g/mol. The fourth-order valence-electron chi connectivity index (χ4n) is 2.78. The molecule has 1 aliphatic heterocycles. The van der Waals surface area contributed by atoms with Gasteiger partial charge in [-0.05, 0) is 30.3 Å². The van der Waals surface area contributed by atoms with E-state index in [1.54, 1.807) is 42.6 Å². The molecule has 2 heterocycles. The highest BCUT2D eigenvalue weighted by atomic mass is 32.2. The lowest BCUT2D eigenvalue weighted by atomic mass is 10.1. The zero-order valence-corrected chi connectivity index (χ0v) is 16.4. The minimum Gasteiger partial charge on any atom is -0.454 e. The maximum Gasteiger partial charge on any atom is 0.259 e. The number of fused-ring (bicyclic) bond motifs is 2. The number of nitrogens with one attached hydrogen (secondary N) is 1. The molecule has 0 atom stereocenters. The van der Waals surface area contributed by atoms with Crippen molar-refractivity contribution in [3.05, 3.63) is 66.5 Å². The van der Waals surface area contributed by atoms with Gasteiger partial charge in [-0.3, -0.25) is 9.78 Å². The van der Waals surface area contributed by atoms with Crippen molar-refractivity contribution in [1.82, 2.24) is 9.29 Å². The molecule has 0 aliphatic carbocycles. The Kier molecular flexibility index (Phi) is 4.69. The number of carbonyl (C=O) groups excluding carboxylic acids is 1. The number of hydrogen-bond donors (Lipinski definition) is 1. The molecule has 3 aromatic rings. The number of carbonyl (C=O) groups is 1. The number of sulfonamides is 1. The molecule has 148 valence electrons. The molecule has 0 fully saturated rings. The first-order valence-corrected chi connectivity index (χ1v) is 10.1. The summed E-state index contributed by atoms with van der Waals surface area (Å²) in [5.41, 5.74) is 0.570. The van der Waals surface area contributed by atoms with Crippen molar-refractivity contribution < 1.29 is 22.7 Å². The summed E-state index contributed by atoms with van der Waals surface area (Å²) in [7, 11) is -1.10. The molecule has 4 rings (SSSR count). The molecule has 1 N–H and O–H groups in total. The van der Waals surface area contributed by atoms with Crippen LogP contribution in [0, 0.1) is 0 Å². The Morgan fingerprint density at radius 2 is 1.86 bits per heavy atom. The summed E-state index contributed by atoms with van der Waals surface area (Å²) >= 11 is 0. The van der Waals surface area contributed by atoms with Crippen LogP contribution in [0.25, 0.3) is 0 Å². The smallest absolute Gasteiger partial charge is 0.259 e. The second-order valence-electron chi connectivity index (χ2n) is 6.43. The van der Waals surface area contributed by atoms with Crippen molar-refractivity contribution in [2.75, 3.05) is 19.4 Å². The van der Waals surface area contributed by atoms with E-state index in [0.717, 1.165) is 4.31 Å². The third-order valence-electron chi connectivity index (χ3n) is 4.27. The van der Waals surface area contributed by atoms with Crippen LogP contribution in [0.3, 0.4) is 0 Å². The molecule has 2 aromatic carbocycles. The Balaban J connectivity index is 1.90. The molecule has 9 heteroatoms. The molecule has 0 spiro atoms. The number of aromatic nitrogens is 1. The molecule has 1 aromatic heterocycles. The van der Waals surface area contributed by atoms with Crippen molar-refractivity contribution in [2.24, 2.45) is 0 Å². The number of para-hydroxylation sites is 2. The van der Waals surface area contributed by atoms with E-state index < -0.39 is 15.9 Å². The van der Waals surface area contributed by atoms with Gasteiger partial charge in [-0.25, -0.2) is 12.7 Å². The molecule has 0 saturated heterocycles. The van der Waals surface area contributed by atoms with Gasteiger partial charge in [-0.2, -0.15) is 0 Å². The first-order chi connectivity index (χ1) is 13.9. The number of ether oxygens (including phenoxy) is 2. The molecule has 0 bridgehead atoms. The van der Waals surface area contributed by atoms with E-state index in [1.165, 1.54) is 32.4 Å². The Morgan fingerprint density at radius 1 is 1.07 bits per heavy atom. The van der Waals surface area contributed by atoms with Gasteiger partial charge in [0.1, 0.15) is 16.4 Å². The maximum atomic E-state index is 12.9. The molecule has 0 radical (unpaired) electrons. The van der Waals surface area contributed by atoms with E-state index in [2.05, 4.69) is 10.3 Å². The number of nitrogens with zero attached hydrogens (tertiary/aromatic N) is 2. The van der Waals surface area contributed by atoms with Crippen LogP contribution in [0.1, 0.15) is 10.4 Å². The zero-order valence-electron chi connectivity index (χ0n) is 15.6. The molecule has 8 nitrogen and oxygen atoms in total. The van der Waals surface area contributed by atoms with Gasteiger partial charge >= 0.3 is 0 Å². The predicted molar refractivity (Wildman–Crippen MR) is 106 cm³/mol. The second-order valence-corrected chi connectivity index (χ2v) is 8.55. The van der Waals surface area contributed by atoms with Crippen LogP contribution in [-0.4, -0.2) is 37.7 Å². The van der Waals surface area contributed by atoms with Crippen molar-refractivity contribution >= 4 is 21.6 Å². The van der Waals surface area contributed by atoms with E-state index in [9.17, 15) is 13.2 Å². The lowest BCUT2D eigenvalue weighted by Crippen LogP contribution is -2.23. The summed E-state index contributed by atoms with van der Waals surface area (Å²) in [5.74, 6) is 0.519. The molecular formula is C20H17N3O5S. The number of pyridine rings is 1. The average Bonchev–Trinajstić information content (AvgIpc) is 2.83. The maximum absolute atomic E-state index is 12.9. The summed E-state index contributed by atoms with van der Waals surface area (Å²) in [4.78, 5) is 16.6. The average molecular weight is 411 g/mol. The van der Waals surface area contributed by atoms with E-state index in [0.29, 0.717) is 17.2 Å². The first kappa shape index (κ1) is 18.9. The van der Waals surface area contributed by atoms with Gasteiger partial charge in [0.05, 0.1) is 17.4 Å². The van der Waals surface area contributed by atoms with Gasteiger partial charge < -0.3 is 14.8 Å². The minimum atomic E-state index is -3.91. The van der Waals surface area contributed by atoms with Gasteiger partial charge in [-0.15, -0.1) is 0 Å². The van der Waals surface area contributed by atoms with Crippen molar-refractivity contribution in [1.29, 1.82) is 0 Å². The third-order valence-corrected chi connectivity index (χ3v) is 6.10. The van der Waals surface area contributed by atoms with Crippen molar-refractivity contribution in [3.8, 4) is 23.0 Å². The number of amides is 1. The number of hydrogen-bond acceptors (Lipinski definition) is 6. The first-order valence-electron chi connectivity index (χ1n) is 8.63. The summed E-state index contributed by atoms with van der Waals surface area (Å²) in [6.07, 6.45) is 3.03. The molecule has 1 amide bonds. The van der Waals surface area contributed by atoms with Gasteiger partial charge in [-0.1, -0.05) is 12.1 Å². The largest absolute Gasteiger partial charge is 0.454 e. The number of anilines is 1. The van der Waals surface area contributed by atoms with Crippen LogP contribution in [0.4, 0.5) is 5.69 Å². The van der Waals surface area contributed by atoms with E-state index in [4.69, 9.17) is 9.47 Å². The van der Waals surface area contributed by atoms with E-state index in [-0.39, 0.29) is 22.0 Å². The summed E-state index contributed by atoms with van der Waals surface area (Å²) in [6.45, 7) is 0. The molecule has 1 aliphatic rings. The van der Waals surface area contributed by atoms with Crippen LogP contribution in [0.2, 0.25) is 0 Å². The Labute approximate surface area is 167 Å². The summed E-state index contributed by atoms with van der Waals surface area (Å²) in [5, 5.41) is 2.73. The lowest BCUT2D eigenvalue weighted by molar-refractivity contribution is 0.102. The van der Waals surface area contributed by atoms with Gasteiger partial charge in [0.25, 0.3) is 5.91 Å². The van der Waals surface area contributed by atoms with Crippen LogP contribution >= 0.6 is 0 Å². The van der Waals surface area contributed by atoms with Gasteiger partial charge in [0.15, 0.2) is 11.5 Å². The predicted octanol–water partition coefficient (Wildman–Crippen LogP) is 3.48. The minimum absolute atomic E-state index is 0.0256. The van der Waals surface area contributed by atoms with Crippen molar-refractivity contribution in [3.63, 3.8) is 0 Å². The Hall–Kier alpha value is -3.43. The topological polar surface area (TPSA) is 97.8 Å². The molecule has 0 saturated carbocycles. The van der Waals surface area contributed by atoms with E-state index >= 15 is 0 Å². The van der Waals surface area contributed by atoms with Gasteiger partial charge in [0.2, 0.25) is 10.0 Å². The summed E-state index contributed by atoms with van der Waals surface area (Å²) < 4.78 is 38.5. The number of rotatable bonds is 4. The Morgan fingerprint density at radius 3 is 2.59 bits per heavy atom. The lowest BCUT2D eigenvalue weighted by Gasteiger charge is -2.18. The monoisotopic (exact) mass is 411 g/mol. The SMILES string of the molecule is CN(C)S(=O)(=O)c1cc2c(cc1Oc1cccnc1)Oc1ccccc1NC2=O. The fraction of sp³-hybridized carbons (Fsp3) is 0.100. The quantitative estimate of drug-likeness (QED) is 0.706. The van der Waals surface area contributed by atoms with Crippen LogP contribution in [-0.2, 0) is 10.0 Å². The Bertz CT molecular complexity index is 1190. The summed E-state index contributed by atoms with van der Waals surface area (Å²) in [6, 6.07) is 12.9. The zero-order chi connectivity index (χ0) is 20.6. The normalized spacial score (nSPS) is 13.0. The van der Waals surface area contributed by atoms with Crippen molar-refractivity contribution in [2.45, 2.75) is 4.90 Å². The molecule has 29 heavy (non-hydrogen) atoms. The number of benzene rings is 2. The third kappa shape index (κ3) is 3.53. The standard InChI is InChI=1S/C20H17N3O5S/c1-23(2)29(25,26)19-10-14-17(11-18(19)27-13-6-5-9-21-12-13)28-16-8-4-3-7-15(16)22-20(14)24/h3-12H,1-2H3,(H,22,24).